The molecule has 6 heteroatoms. The van der Waals surface area contributed by atoms with Crippen molar-refractivity contribution in [1.82, 2.24) is 19.8 Å². The number of aryl methyl sites for hydroxylation is 2. The van der Waals surface area contributed by atoms with Crippen molar-refractivity contribution in [3.63, 3.8) is 0 Å². The van der Waals surface area contributed by atoms with E-state index in [4.69, 9.17) is 28.8 Å². The van der Waals surface area contributed by atoms with Crippen LogP contribution in [0.25, 0.3) is 5.69 Å². The highest BCUT2D eigenvalue weighted by atomic mass is 35.5. The van der Waals surface area contributed by atoms with E-state index in [-0.39, 0.29) is 12.1 Å². The molecular weight excluding hydrogens is 448 g/mol. The van der Waals surface area contributed by atoms with Gasteiger partial charge in [0.15, 0.2) is 5.11 Å². The second-order valence-corrected chi connectivity index (χ2v) is 10.2. The van der Waals surface area contributed by atoms with E-state index in [0.717, 1.165) is 21.5 Å². The largest absolute Gasteiger partial charge is 0.352 e. The van der Waals surface area contributed by atoms with Crippen molar-refractivity contribution >= 4 is 28.9 Å². The fourth-order valence-electron chi connectivity index (χ4n) is 5.73. The molecule has 3 aromatic rings. The molecule has 1 aromatic carbocycles. The second-order valence-electron chi connectivity index (χ2n) is 9.42. The Balaban J connectivity index is 1.65. The quantitative estimate of drug-likeness (QED) is 0.420. The van der Waals surface area contributed by atoms with Gasteiger partial charge in [-0.2, -0.15) is 0 Å². The molecule has 2 atom stereocenters. The summed E-state index contributed by atoms with van der Waals surface area (Å²) >= 11 is 12.3. The average molecular weight is 479 g/mol. The van der Waals surface area contributed by atoms with Gasteiger partial charge in [0.1, 0.15) is 0 Å². The highest BCUT2D eigenvalue weighted by Gasteiger charge is 2.44. The number of nitrogens with zero attached hydrogens (tertiary/aromatic N) is 3. The van der Waals surface area contributed by atoms with Gasteiger partial charge in [0, 0.05) is 34.3 Å². The van der Waals surface area contributed by atoms with Crippen LogP contribution in [0.3, 0.4) is 0 Å². The Morgan fingerprint density at radius 1 is 1.03 bits per heavy atom. The Hall–Kier alpha value is -2.37. The Morgan fingerprint density at radius 2 is 1.82 bits per heavy atom. The summed E-state index contributed by atoms with van der Waals surface area (Å²) in [4.78, 5) is 7.21. The molecule has 1 aliphatic heterocycles. The monoisotopic (exact) mass is 478 g/mol. The molecule has 0 spiro atoms. The first-order valence-electron chi connectivity index (χ1n) is 11.9. The van der Waals surface area contributed by atoms with Crippen molar-refractivity contribution in [2.24, 2.45) is 0 Å². The minimum Gasteiger partial charge on any atom is -0.352 e. The van der Waals surface area contributed by atoms with E-state index < -0.39 is 0 Å². The van der Waals surface area contributed by atoms with Crippen LogP contribution in [0.5, 0.6) is 0 Å². The number of aromatic nitrogens is 2. The van der Waals surface area contributed by atoms with Gasteiger partial charge in [-0.1, -0.05) is 43.0 Å². The van der Waals surface area contributed by atoms with Crippen molar-refractivity contribution < 1.29 is 0 Å². The molecule has 5 rings (SSSR count). The fourth-order valence-corrected chi connectivity index (χ4v) is 6.29. The second kappa shape index (κ2) is 9.11. The Bertz CT molecular complexity index is 1170. The third-order valence-electron chi connectivity index (χ3n) is 7.30. The molecule has 2 aliphatic rings. The maximum atomic E-state index is 6.40. The van der Waals surface area contributed by atoms with Gasteiger partial charge >= 0.3 is 0 Å². The van der Waals surface area contributed by atoms with E-state index in [0.29, 0.717) is 6.04 Å². The summed E-state index contributed by atoms with van der Waals surface area (Å²) in [6.07, 6.45) is 8.12. The summed E-state index contributed by atoms with van der Waals surface area (Å²) in [5.41, 5.74) is 7.12. The summed E-state index contributed by atoms with van der Waals surface area (Å²) < 4.78 is 2.34. The molecule has 4 nitrogen and oxygen atoms in total. The number of hydrogen-bond acceptors (Lipinski definition) is 2. The van der Waals surface area contributed by atoms with Gasteiger partial charge in [0.05, 0.1) is 17.8 Å². The Labute approximate surface area is 207 Å². The van der Waals surface area contributed by atoms with Gasteiger partial charge in [-0.05, 0) is 87.3 Å². The smallest absolute Gasteiger partial charge is 0.170 e. The third-order valence-corrected chi connectivity index (χ3v) is 7.87. The fraction of sp³-hybridized carbons (Fsp3) is 0.407. The summed E-state index contributed by atoms with van der Waals surface area (Å²) in [5.74, 6) is 0. The zero-order chi connectivity index (χ0) is 23.1. The molecule has 1 saturated carbocycles. The molecule has 0 unspecified atom stereocenters. The first kappa shape index (κ1) is 22.4. The zero-order valence-corrected chi connectivity index (χ0v) is 21.1. The van der Waals surface area contributed by atoms with E-state index in [1.807, 2.05) is 18.3 Å². The van der Waals surface area contributed by atoms with Crippen LogP contribution in [0.2, 0.25) is 5.02 Å². The highest BCUT2D eigenvalue weighted by molar-refractivity contribution is 7.80. The predicted octanol–water partition coefficient (Wildman–Crippen LogP) is 6.76. The highest BCUT2D eigenvalue weighted by Crippen LogP contribution is 2.44. The molecule has 2 fully saturated rings. The number of rotatable bonds is 4. The lowest BCUT2D eigenvalue weighted by Crippen LogP contribution is -2.40. The average Bonchev–Trinajstić information content (AvgIpc) is 3.32. The molecule has 1 saturated heterocycles. The van der Waals surface area contributed by atoms with E-state index in [2.05, 4.69) is 65.9 Å². The van der Waals surface area contributed by atoms with Crippen molar-refractivity contribution in [3.8, 4) is 5.69 Å². The van der Waals surface area contributed by atoms with Gasteiger partial charge in [-0.25, -0.2) is 0 Å². The van der Waals surface area contributed by atoms with Crippen LogP contribution in [-0.2, 0) is 0 Å². The van der Waals surface area contributed by atoms with Crippen LogP contribution >= 0.6 is 23.8 Å². The molecule has 0 radical (unpaired) electrons. The molecule has 0 amide bonds. The minimum atomic E-state index is 0.0232. The van der Waals surface area contributed by atoms with Crippen molar-refractivity contribution in [1.29, 1.82) is 0 Å². The number of pyridine rings is 1. The number of hydrogen-bond donors (Lipinski definition) is 1. The standard InChI is InChI=1S/C27H31ClN4S/c1-17-12-13-20(28)16-24(17)31-18(2)15-22(19(31)3)26-25(23-11-7-8-14-29-23)30-27(33)32(26)21-9-5-4-6-10-21/h7-8,11-16,21,25-26H,4-6,9-10H2,1-3H3,(H,30,33)/t25-,26+/m1/s1. The molecule has 1 N–H and O–H groups in total. The summed E-state index contributed by atoms with van der Waals surface area (Å²) in [6.45, 7) is 6.54. The van der Waals surface area contributed by atoms with Gasteiger partial charge in [-0.3, -0.25) is 4.98 Å². The molecule has 2 aromatic heterocycles. The topological polar surface area (TPSA) is 33.1 Å². The summed E-state index contributed by atoms with van der Waals surface area (Å²) in [5, 5.41) is 5.25. The molecular formula is C27H31ClN4S. The first-order chi connectivity index (χ1) is 16.0. The van der Waals surface area contributed by atoms with Crippen LogP contribution in [0, 0.1) is 20.8 Å². The number of halogens is 1. The first-order valence-corrected chi connectivity index (χ1v) is 12.7. The summed E-state index contributed by atoms with van der Waals surface area (Å²) in [6, 6.07) is 15.2. The number of nitrogens with one attached hydrogen (secondary N) is 1. The van der Waals surface area contributed by atoms with Crippen LogP contribution in [0.15, 0.2) is 48.7 Å². The van der Waals surface area contributed by atoms with Crippen molar-refractivity contribution in [2.75, 3.05) is 0 Å². The molecule has 3 heterocycles. The van der Waals surface area contributed by atoms with Crippen LogP contribution < -0.4 is 5.32 Å². The van der Waals surface area contributed by atoms with Crippen LogP contribution in [-0.4, -0.2) is 25.6 Å². The van der Waals surface area contributed by atoms with E-state index in [9.17, 15) is 0 Å². The molecule has 172 valence electrons. The van der Waals surface area contributed by atoms with Gasteiger partial charge in [0.25, 0.3) is 0 Å². The van der Waals surface area contributed by atoms with E-state index in [1.54, 1.807) is 0 Å². The maximum absolute atomic E-state index is 6.40. The van der Waals surface area contributed by atoms with Gasteiger partial charge in [-0.15, -0.1) is 0 Å². The zero-order valence-electron chi connectivity index (χ0n) is 19.5. The lowest BCUT2D eigenvalue weighted by atomic mass is 9.90. The lowest BCUT2D eigenvalue weighted by Gasteiger charge is -2.37. The SMILES string of the molecule is Cc1ccc(Cl)cc1-n1c(C)cc([C@H]2[C@@H](c3ccccn3)NC(=S)N2C2CCCCC2)c1C. The van der Waals surface area contributed by atoms with Crippen LogP contribution in [0.1, 0.15) is 72.4 Å². The lowest BCUT2D eigenvalue weighted by molar-refractivity contribution is 0.197. The van der Waals surface area contributed by atoms with Gasteiger partial charge in [0.2, 0.25) is 0 Å². The summed E-state index contributed by atoms with van der Waals surface area (Å²) in [7, 11) is 0. The molecule has 0 bridgehead atoms. The maximum Gasteiger partial charge on any atom is 0.170 e. The van der Waals surface area contributed by atoms with Gasteiger partial charge < -0.3 is 14.8 Å². The minimum absolute atomic E-state index is 0.0232. The van der Waals surface area contributed by atoms with E-state index >= 15 is 0 Å². The number of thiocarbonyl (C=S) groups is 1. The molecule has 33 heavy (non-hydrogen) atoms. The Kier molecular flexibility index (Phi) is 6.19. The Morgan fingerprint density at radius 3 is 2.55 bits per heavy atom. The molecule has 1 aliphatic carbocycles. The van der Waals surface area contributed by atoms with E-state index in [1.165, 1.54) is 54.6 Å². The van der Waals surface area contributed by atoms with Crippen molar-refractivity contribution in [3.05, 3.63) is 81.9 Å². The third kappa shape index (κ3) is 4.06. The number of benzene rings is 1. The van der Waals surface area contributed by atoms with Crippen molar-refractivity contribution in [2.45, 2.75) is 71.0 Å². The van der Waals surface area contributed by atoms with Crippen LogP contribution in [0.4, 0.5) is 0 Å². The predicted molar refractivity (Wildman–Crippen MR) is 139 cm³/mol. The normalized spacial score (nSPS) is 21.5.